The standard InChI is InChI=1S/C15H21N3/c1-9(2)18-13-7-4-10(3)8-12(13)17-15(18)14(16)11-5-6-11/h4,7-9,11,14H,5-6,16H2,1-3H3. The Bertz CT molecular complexity index is 579. The first-order valence-electron chi connectivity index (χ1n) is 6.82. The Hall–Kier alpha value is -1.35. The van der Waals surface area contributed by atoms with Gasteiger partial charge in [-0.25, -0.2) is 4.98 Å². The molecule has 0 radical (unpaired) electrons. The number of nitrogens with two attached hydrogens (primary N) is 1. The minimum atomic E-state index is 0.0973. The number of aryl methyl sites for hydroxylation is 1. The second-order valence-electron chi connectivity index (χ2n) is 5.79. The summed E-state index contributed by atoms with van der Waals surface area (Å²) in [6.07, 6.45) is 2.50. The van der Waals surface area contributed by atoms with Gasteiger partial charge in [0.15, 0.2) is 0 Å². The van der Waals surface area contributed by atoms with Crippen LogP contribution in [-0.4, -0.2) is 9.55 Å². The minimum Gasteiger partial charge on any atom is -0.324 e. The molecule has 1 saturated carbocycles. The van der Waals surface area contributed by atoms with Gasteiger partial charge in [-0.3, -0.25) is 0 Å². The van der Waals surface area contributed by atoms with Crippen LogP contribution in [0, 0.1) is 12.8 Å². The summed E-state index contributed by atoms with van der Waals surface area (Å²) >= 11 is 0. The largest absolute Gasteiger partial charge is 0.324 e. The molecule has 1 heterocycles. The van der Waals surface area contributed by atoms with E-state index in [0.717, 1.165) is 11.3 Å². The molecule has 18 heavy (non-hydrogen) atoms. The van der Waals surface area contributed by atoms with Gasteiger partial charge in [-0.15, -0.1) is 0 Å². The lowest BCUT2D eigenvalue weighted by Crippen LogP contribution is -2.19. The Labute approximate surface area is 108 Å². The highest BCUT2D eigenvalue weighted by Gasteiger charge is 2.33. The lowest BCUT2D eigenvalue weighted by molar-refractivity contribution is 0.512. The van der Waals surface area contributed by atoms with Gasteiger partial charge >= 0.3 is 0 Å². The van der Waals surface area contributed by atoms with Crippen LogP contribution in [0.15, 0.2) is 18.2 Å². The molecular formula is C15H21N3. The van der Waals surface area contributed by atoms with Crippen LogP contribution in [-0.2, 0) is 0 Å². The van der Waals surface area contributed by atoms with Crippen molar-refractivity contribution in [3.63, 3.8) is 0 Å². The highest BCUT2D eigenvalue weighted by molar-refractivity contribution is 5.77. The number of benzene rings is 1. The van der Waals surface area contributed by atoms with Crippen molar-refractivity contribution < 1.29 is 0 Å². The van der Waals surface area contributed by atoms with Gasteiger partial charge in [0, 0.05) is 6.04 Å². The van der Waals surface area contributed by atoms with Crippen molar-refractivity contribution in [2.75, 3.05) is 0 Å². The zero-order chi connectivity index (χ0) is 12.9. The number of imidazole rings is 1. The van der Waals surface area contributed by atoms with E-state index < -0.39 is 0 Å². The Morgan fingerprint density at radius 3 is 2.67 bits per heavy atom. The first-order valence-corrected chi connectivity index (χ1v) is 6.82. The van der Waals surface area contributed by atoms with Crippen molar-refractivity contribution in [3.8, 4) is 0 Å². The minimum absolute atomic E-state index is 0.0973. The Balaban J connectivity index is 2.19. The van der Waals surface area contributed by atoms with Crippen LogP contribution in [0.2, 0.25) is 0 Å². The highest BCUT2D eigenvalue weighted by atomic mass is 15.1. The molecule has 96 valence electrons. The number of hydrogen-bond donors (Lipinski definition) is 1. The third-order valence-electron chi connectivity index (χ3n) is 3.82. The predicted octanol–water partition coefficient (Wildman–Crippen LogP) is 3.34. The molecule has 3 heteroatoms. The van der Waals surface area contributed by atoms with E-state index in [0.29, 0.717) is 12.0 Å². The average molecular weight is 243 g/mol. The van der Waals surface area contributed by atoms with E-state index >= 15 is 0 Å². The molecule has 1 fully saturated rings. The van der Waals surface area contributed by atoms with Crippen molar-refractivity contribution >= 4 is 11.0 Å². The molecule has 0 bridgehead atoms. The van der Waals surface area contributed by atoms with Crippen LogP contribution < -0.4 is 5.73 Å². The molecule has 3 rings (SSSR count). The van der Waals surface area contributed by atoms with Gasteiger partial charge in [0.2, 0.25) is 0 Å². The molecule has 0 amide bonds. The van der Waals surface area contributed by atoms with Crippen LogP contribution in [0.3, 0.4) is 0 Å². The van der Waals surface area contributed by atoms with E-state index in [-0.39, 0.29) is 6.04 Å². The maximum absolute atomic E-state index is 6.36. The number of aromatic nitrogens is 2. The SMILES string of the molecule is Cc1ccc2c(c1)nc(C(N)C1CC1)n2C(C)C. The van der Waals surface area contributed by atoms with Gasteiger partial charge in [-0.2, -0.15) is 0 Å². The van der Waals surface area contributed by atoms with E-state index in [1.165, 1.54) is 23.9 Å². The van der Waals surface area contributed by atoms with Crippen molar-refractivity contribution in [1.29, 1.82) is 0 Å². The summed E-state index contributed by atoms with van der Waals surface area (Å²) in [6, 6.07) is 6.96. The summed E-state index contributed by atoms with van der Waals surface area (Å²) < 4.78 is 2.30. The first-order chi connectivity index (χ1) is 8.58. The molecule has 1 atom stereocenters. The van der Waals surface area contributed by atoms with E-state index in [4.69, 9.17) is 10.7 Å². The molecule has 1 aromatic heterocycles. The Morgan fingerprint density at radius 1 is 1.33 bits per heavy atom. The molecule has 0 spiro atoms. The summed E-state index contributed by atoms with van der Waals surface area (Å²) in [5, 5.41) is 0. The quantitative estimate of drug-likeness (QED) is 0.898. The van der Waals surface area contributed by atoms with Crippen LogP contribution in [0.25, 0.3) is 11.0 Å². The molecule has 1 aromatic carbocycles. The van der Waals surface area contributed by atoms with Crippen LogP contribution in [0.1, 0.15) is 50.2 Å². The molecule has 1 aliphatic rings. The van der Waals surface area contributed by atoms with Gasteiger partial charge in [0.1, 0.15) is 5.82 Å². The summed E-state index contributed by atoms with van der Waals surface area (Å²) in [5.41, 5.74) is 9.90. The zero-order valence-electron chi connectivity index (χ0n) is 11.4. The number of nitrogens with zero attached hydrogens (tertiary/aromatic N) is 2. The third-order valence-corrected chi connectivity index (χ3v) is 3.82. The number of hydrogen-bond acceptors (Lipinski definition) is 2. The second-order valence-corrected chi connectivity index (χ2v) is 5.79. The molecule has 2 N–H and O–H groups in total. The fourth-order valence-electron chi connectivity index (χ4n) is 2.67. The highest BCUT2D eigenvalue weighted by Crippen LogP contribution is 2.40. The maximum atomic E-state index is 6.36. The maximum Gasteiger partial charge on any atom is 0.127 e. The molecule has 2 aromatic rings. The summed E-state index contributed by atoms with van der Waals surface area (Å²) in [6.45, 7) is 6.50. The number of rotatable bonds is 3. The smallest absolute Gasteiger partial charge is 0.127 e. The normalized spacial score (nSPS) is 17.6. The van der Waals surface area contributed by atoms with Gasteiger partial charge in [0.25, 0.3) is 0 Å². The molecule has 0 aliphatic heterocycles. The fraction of sp³-hybridized carbons (Fsp3) is 0.533. The van der Waals surface area contributed by atoms with Crippen molar-refractivity contribution in [3.05, 3.63) is 29.6 Å². The van der Waals surface area contributed by atoms with Gasteiger partial charge < -0.3 is 10.3 Å². The number of fused-ring (bicyclic) bond motifs is 1. The van der Waals surface area contributed by atoms with Crippen LogP contribution in [0.5, 0.6) is 0 Å². The second kappa shape index (κ2) is 4.09. The van der Waals surface area contributed by atoms with Crippen LogP contribution >= 0.6 is 0 Å². The first kappa shape index (κ1) is 11.7. The predicted molar refractivity (Wildman–Crippen MR) is 74.5 cm³/mol. The summed E-state index contributed by atoms with van der Waals surface area (Å²) in [7, 11) is 0. The third kappa shape index (κ3) is 1.83. The summed E-state index contributed by atoms with van der Waals surface area (Å²) in [5.74, 6) is 1.70. The van der Waals surface area contributed by atoms with E-state index in [1.807, 2.05) is 0 Å². The van der Waals surface area contributed by atoms with Gasteiger partial charge in [-0.1, -0.05) is 6.07 Å². The van der Waals surface area contributed by atoms with Gasteiger partial charge in [0.05, 0.1) is 17.1 Å². The van der Waals surface area contributed by atoms with E-state index in [1.54, 1.807) is 0 Å². The zero-order valence-corrected chi connectivity index (χ0v) is 11.4. The average Bonchev–Trinajstić information content (AvgIpc) is 3.08. The monoisotopic (exact) mass is 243 g/mol. The summed E-state index contributed by atoms with van der Waals surface area (Å²) in [4.78, 5) is 4.79. The van der Waals surface area contributed by atoms with E-state index in [2.05, 4.69) is 43.5 Å². The van der Waals surface area contributed by atoms with Gasteiger partial charge in [-0.05, 0) is 57.2 Å². The fourth-order valence-corrected chi connectivity index (χ4v) is 2.67. The molecule has 1 unspecified atom stereocenters. The lowest BCUT2D eigenvalue weighted by Gasteiger charge is -2.17. The molecule has 1 aliphatic carbocycles. The molecular weight excluding hydrogens is 222 g/mol. The Kier molecular flexibility index (Phi) is 2.67. The van der Waals surface area contributed by atoms with Crippen molar-refractivity contribution in [1.82, 2.24) is 9.55 Å². The van der Waals surface area contributed by atoms with Crippen LogP contribution in [0.4, 0.5) is 0 Å². The topological polar surface area (TPSA) is 43.8 Å². The molecule has 0 saturated heterocycles. The van der Waals surface area contributed by atoms with E-state index in [9.17, 15) is 0 Å². The van der Waals surface area contributed by atoms with Crippen molar-refractivity contribution in [2.24, 2.45) is 11.7 Å². The lowest BCUT2D eigenvalue weighted by atomic mass is 10.2. The van der Waals surface area contributed by atoms with Crippen molar-refractivity contribution in [2.45, 2.75) is 45.7 Å². The molecule has 3 nitrogen and oxygen atoms in total. The Morgan fingerprint density at radius 2 is 2.06 bits per heavy atom.